The largest absolute Gasteiger partial charge is 0.454 e. The van der Waals surface area contributed by atoms with E-state index in [2.05, 4.69) is 25.8 Å². The van der Waals surface area contributed by atoms with Crippen LogP contribution in [0.25, 0.3) is 0 Å². The molecule has 1 unspecified atom stereocenters. The summed E-state index contributed by atoms with van der Waals surface area (Å²) >= 11 is 6.22. The molecule has 1 aliphatic heterocycles. The van der Waals surface area contributed by atoms with Crippen LogP contribution in [0.4, 0.5) is 0 Å². The molecule has 1 heterocycles. The molecule has 0 aromatic heterocycles. The van der Waals surface area contributed by atoms with Crippen LogP contribution in [-0.4, -0.2) is 31.8 Å². The molecule has 0 aliphatic carbocycles. The summed E-state index contributed by atoms with van der Waals surface area (Å²) in [5.41, 5.74) is 6.99. The van der Waals surface area contributed by atoms with Gasteiger partial charge in [-0.2, -0.15) is 0 Å². The molecular formula is C14H21ClN2O2. The number of benzene rings is 1. The third kappa shape index (κ3) is 3.14. The maximum atomic E-state index is 6.22. The van der Waals surface area contributed by atoms with Crippen molar-refractivity contribution >= 4 is 11.6 Å². The normalized spacial score (nSPS) is 15.3. The van der Waals surface area contributed by atoms with E-state index >= 15 is 0 Å². The lowest BCUT2D eigenvalue weighted by Crippen LogP contribution is -2.33. The van der Waals surface area contributed by atoms with Crippen molar-refractivity contribution in [1.82, 2.24) is 4.90 Å². The van der Waals surface area contributed by atoms with Crippen molar-refractivity contribution in [3.63, 3.8) is 0 Å². The Labute approximate surface area is 119 Å². The van der Waals surface area contributed by atoms with Gasteiger partial charge in [-0.25, -0.2) is 0 Å². The maximum absolute atomic E-state index is 6.22. The molecule has 2 N–H and O–H groups in total. The first-order chi connectivity index (χ1) is 9.02. The zero-order chi connectivity index (χ0) is 14.0. The van der Waals surface area contributed by atoms with Gasteiger partial charge in [0, 0.05) is 19.1 Å². The Morgan fingerprint density at radius 3 is 2.74 bits per heavy atom. The first-order valence-electron chi connectivity index (χ1n) is 6.52. The molecule has 1 aliphatic rings. The third-order valence-corrected chi connectivity index (χ3v) is 3.52. The van der Waals surface area contributed by atoms with Crippen molar-refractivity contribution in [2.24, 2.45) is 11.7 Å². The highest BCUT2D eigenvalue weighted by Gasteiger charge is 2.23. The van der Waals surface area contributed by atoms with E-state index in [1.54, 1.807) is 0 Å². The molecule has 2 rings (SSSR count). The molecule has 106 valence electrons. The fraction of sp³-hybridized carbons (Fsp3) is 0.571. The van der Waals surface area contributed by atoms with Crippen LogP contribution < -0.4 is 15.2 Å². The highest BCUT2D eigenvalue weighted by molar-refractivity contribution is 6.32. The van der Waals surface area contributed by atoms with E-state index in [1.165, 1.54) is 0 Å². The van der Waals surface area contributed by atoms with Gasteiger partial charge in [0.25, 0.3) is 0 Å². The lowest BCUT2D eigenvalue weighted by Gasteiger charge is -2.29. The smallest absolute Gasteiger partial charge is 0.231 e. The molecule has 19 heavy (non-hydrogen) atoms. The van der Waals surface area contributed by atoms with E-state index in [-0.39, 0.29) is 12.8 Å². The van der Waals surface area contributed by atoms with E-state index < -0.39 is 0 Å². The van der Waals surface area contributed by atoms with E-state index in [0.717, 1.165) is 12.1 Å². The molecule has 1 aromatic rings. The highest BCUT2D eigenvalue weighted by atomic mass is 35.5. The summed E-state index contributed by atoms with van der Waals surface area (Å²) in [5, 5.41) is 0.585. The van der Waals surface area contributed by atoms with Gasteiger partial charge < -0.3 is 15.2 Å². The van der Waals surface area contributed by atoms with Crippen molar-refractivity contribution in [3.05, 3.63) is 22.7 Å². The zero-order valence-electron chi connectivity index (χ0n) is 11.6. The van der Waals surface area contributed by atoms with E-state index in [4.69, 9.17) is 26.8 Å². The number of nitrogens with zero attached hydrogens (tertiary/aromatic N) is 1. The number of rotatable bonds is 5. The van der Waals surface area contributed by atoms with Gasteiger partial charge in [-0.15, -0.1) is 0 Å². The second-order valence-electron chi connectivity index (χ2n) is 5.32. The van der Waals surface area contributed by atoms with Crippen LogP contribution in [0.5, 0.6) is 11.5 Å². The highest BCUT2D eigenvalue weighted by Crippen LogP contribution is 2.41. The average Bonchev–Trinajstić information content (AvgIpc) is 2.77. The van der Waals surface area contributed by atoms with E-state index in [9.17, 15) is 0 Å². The number of fused-ring (bicyclic) bond motifs is 1. The molecule has 0 radical (unpaired) electrons. The molecule has 0 saturated carbocycles. The van der Waals surface area contributed by atoms with Gasteiger partial charge in [0.15, 0.2) is 11.5 Å². The van der Waals surface area contributed by atoms with Crippen LogP contribution in [0.15, 0.2) is 12.1 Å². The van der Waals surface area contributed by atoms with Crippen molar-refractivity contribution in [3.8, 4) is 11.5 Å². The Hall–Kier alpha value is -0.970. The van der Waals surface area contributed by atoms with Crippen molar-refractivity contribution < 1.29 is 9.47 Å². The van der Waals surface area contributed by atoms with Crippen LogP contribution in [0.1, 0.15) is 25.5 Å². The number of nitrogens with two attached hydrogens (primary N) is 1. The predicted octanol–water partition coefficient (Wildman–Crippen LogP) is 2.66. The summed E-state index contributed by atoms with van der Waals surface area (Å²) in [7, 11) is 2.08. The first-order valence-corrected chi connectivity index (χ1v) is 6.90. The van der Waals surface area contributed by atoms with Gasteiger partial charge in [-0.05, 0) is 30.7 Å². The van der Waals surface area contributed by atoms with Crippen LogP contribution in [0, 0.1) is 5.92 Å². The number of ether oxygens (including phenoxy) is 2. The summed E-state index contributed by atoms with van der Waals surface area (Å²) in [5.74, 6) is 1.93. The van der Waals surface area contributed by atoms with Gasteiger partial charge in [0.05, 0.1) is 5.02 Å². The molecule has 1 aromatic carbocycles. The fourth-order valence-corrected chi connectivity index (χ4v) is 2.73. The summed E-state index contributed by atoms with van der Waals surface area (Å²) in [6, 6.07) is 4.03. The Morgan fingerprint density at radius 2 is 2.11 bits per heavy atom. The van der Waals surface area contributed by atoms with Crippen LogP contribution in [-0.2, 0) is 0 Å². The lowest BCUT2D eigenvalue weighted by atomic mass is 10.0. The molecular weight excluding hydrogens is 264 g/mol. The minimum Gasteiger partial charge on any atom is -0.454 e. The van der Waals surface area contributed by atoms with Crippen LogP contribution in [0.3, 0.4) is 0 Å². The molecule has 5 heteroatoms. The quantitative estimate of drug-likeness (QED) is 0.903. The molecule has 0 fully saturated rings. The Balaban J connectivity index is 2.26. The topological polar surface area (TPSA) is 47.7 Å². The number of likely N-dealkylation sites (N-methyl/N-ethyl adjacent to an activating group) is 1. The Kier molecular flexibility index (Phi) is 4.55. The SMILES string of the molecule is CC(C)CN(C)C(CN)c1cc(Cl)c2c(c1)OCO2. The average molecular weight is 285 g/mol. The summed E-state index contributed by atoms with van der Waals surface area (Å²) in [4.78, 5) is 2.25. The second-order valence-corrected chi connectivity index (χ2v) is 5.73. The van der Waals surface area contributed by atoms with Gasteiger partial charge in [-0.1, -0.05) is 25.4 Å². The molecule has 0 saturated heterocycles. The second kappa shape index (κ2) is 5.99. The standard InChI is InChI=1S/C14H21ClN2O2/c1-9(2)7-17(3)12(6-16)10-4-11(15)14-13(5-10)18-8-19-14/h4-5,9,12H,6-8,16H2,1-3H3. The summed E-state index contributed by atoms with van der Waals surface area (Å²) in [6.07, 6.45) is 0. The van der Waals surface area contributed by atoms with Crippen molar-refractivity contribution in [2.45, 2.75) is 19.9 Å². The molecule has 1 atom stereocenters. The van der Waals surface area contributed by atoms with Gasteiger partial charge in [0.1, 0.15) is 0 Å². The minimum absolute atomic E-state index is 0.134. The Morgan fingerprint density at radius 1 is 1.37 bits per heavy atom. The minimum atomic E-state index is 0.134. The van der Waals surface area contributed by atoms with Crippen LogP contribution in [0.2, 0.25) is 5.02 Å². The predicted molar refractivity (Wildman–Crippen MR) is 76.8 cm³/mol. The summed E-state index contributed by atoms with van der Waals surface area (Å²) < 4.78 is 10.7. The van der Waals surface area contributed by atoms with Gasteiger partial charge >= 0.3 is 0 Å². The third-order valence-electron chi connectivity index (χ3n) is 3.24. The molecule has 0 spiro atoms. The monoisotopic (exact) mass is 284 g/mol. The van der Waals surface area contributed by atoms with Crippen LogP contribution >= 0.6 is 11.6 Å². The van der Waals surface area contributed by atoms with Gasteiger partial charge in [0.2, 0.25) is 6.79 Å². The Bertz CT molecular complexity index is 451. The molecule has 4 nitrogen and oxygen atoms in total. The lowest BCUT2D eigenvalue weighted by molar-refractivity contribution is 0.173. The van der Waals surface area contributed by atoms with Crippen molar-refractivity contribution in [2.75, 3.05) is 26.9 Å². The van der Waals surface area contributed by atoms with E-state index in [1.807, 2.05) is 12.1 Å². The molecule has 0 bridgehead atoms. The number of hydrogen-bond donors (Lipinski definition) is 1. The number of halogens is 1. The fourth-order valence-electron chi connectivity index (χ4n) is 2.45. The zero-order valence-corrected chi connectivity index (χ0v) is 12.4. The van der Waals surface area contributed by atoms with Crippen molar-refractivity contribution in [1.29, 1.82) is 0 Å². The molecule has 0 amide bonds. The number of hydrogen-bond acceptors (Lipinski definition) is 4. The van der Waals surface area contributed by atoms with E-state index in [0.29, 0.717) is 29.0 Å². The summed E-state index contributed by atoms with van der Waals surface area (Å²) in [6.45, 7) is 6.13. The van der Waals surface area contributed by atoms with Gasteiger partial charge in [-0.3, -0.25) is 4.90 Å². The maximum Gasteiger partial charge on any atom is 0.231 e. The first kappa shape index (κ1) is 14.4.